The second-order valence-electron chi connectivity index (χ2n) is 4.45. The molecule has 1 fully saturated rings. The molecule has 1 saturated carbocycles. The van der Waals surface area contributed by atoms with Crippen LogP contribution in [0.4, 0.5) is 0 Å². The first-order valence-electron chi connectivity index (χ1n) is 6.14. The second kappa shape index (κ2) is 5.94. The maximum Gasteiger partial charge on any atom is 0.226 e. The maximum atomic E-state index is 12.0. The van der Waals surface area contributed by atoms with E-state index in [4.69, 9.17) is 0 Å². The van der Waals surface area contributed by atoms with Crippen LogP contribution in [-0.2, 0) is 4.79 Å². The molecule has 86 valence electrons. The summed E-state index contributed by atoms with van der Waals surface area (Å²) >= 11 is 0. The third-order valence-corrected chi connectivity index (χ3v) is 3.55. The third kappa shape index (κ3) is 3.08. The standard InChI is InChI=1S/C13H23NO/c1-3-5-8-11-14-12(15)13(4-2)9-6-7-10-13/h3,5H,4,6-11H2,1-2H3,(H,14,15)/b5-3+. The van der Waals surface area contributed by atoms with Crippen molar-refractivity contribution in [3.63, 3.8) is 0 Å². The molecule has 0 bridgehead atoms. The normalized spacial score (nSPS) is 19.6. The lowest BCUT2D eigenvalue weighted by atomic mass is 9.82. The fourth-order valence-corrected chi connectivity index (χ4v) is 2.42. The maximum absolute atomic E-state index is 12.0. The fraction of sp³-hybridized carbons (Fsp3) is 0.769. The Labute approximate surface area is 93.1 Å². The lowest BCUT2D eigenvalue weighted by Crippen LogP contribution is -2.39. The van der Waals surface area contributed by atoms with Crippen molar-refractivity contribution in [1.29, 1.82) is 0 Å². The van der Waals surface area contributed by atoms with Crippen LogP contribution >= 0.6 is 0 Å². The molecule has 0 aromatic carbocycles. The van der Waals surface area contributed by atoms with E-state index in [-0.39, 0.29) is 11.3 Å². The van der Waals surface area contributed by atoms with Crippen molar-refractivity contribution >= 4 is 5.91 Å². The van der Waals surface area contributed by atoms with Gasteiger partial charge < -0.3 is 5.32 Å². The summed E-state index contributed by atoms with van der Waals surface area (Å²) in [5, 5.41) is 3.06. The number of hydrogen-bond acceptors (Lipinski definition) is 1. The highest BCUT2D eigenvalue weighted by Gasteiger charge is 2.38. The SMILES string of the molecule is C/C=C/CCNC(=O)C1(CC)CCCC1. The molecule has 15 heavy (non-hydrogen) atoms. The van der Waals surface area contributed by atoms with Gasteiger partial charge in [0.1, 0.15) is 0 Å². The van der Waals surface area contributed by atoms with Crippen molar-refractivity contribution in [3.8, 4) is 0 Å². The van der Waals surface area contributed by atoms with E-state index in [2.05, 4.69) is 18.3 Å². The summed E-state index contributed by atoms with van der Waals surface area (Å²) in [4.78, 5) is 12.0. The Kier molecular flexibility index (Phi) is 4.86. The molecule has 1 aliphatic rings. The largest absolute Gasteiger partial charge is 0.355 e. The van der Waals surface area contributed by atoms with Gasteiger partial charge in [-0.15, -0.1) is 0 Å². The van der Waals surface area contributed by atoms with E-state index >= 15 is 0 Å². The first-order chi connectivity index (χ1) is 7.25. The van der Waals surface area contributed by atoms with Crippen molar-refractivity contribution < 1.29 is 4.79 Å². The van der Waals surface area contributed by atoms with E-state index in [9.17, 15) is 4.79 Å². The van der Waals surface area contributed by atoms with Gasteiger partial charge in [-0.3, -0.25) is 4.79 Å². The van der Waals surface area contributed by atoms with Crippen LogP contribution in [0.25, 0.3) is 0 Å². The lowest BCUT2D eigenvalue weighted by Gasteiger charge is -2.25. The monoisotopic (exact) mass is 209 g/mol. The summed E-state index contributed by atoms with van der Waals surface area (Å²) in [5.74, 6) is 0.284. The van der Waals surface area contributed by atoms with E-state index in [1.54, 1.807) is 0 Å². The average molecular weight is 209 g/mol. The number of carbonyl (C=O) groups is 1. The number of carbonyl (C=O) groups excluding carboxylic acids is 1. The topological polar surface area (TPSA) is 29.1 Å². The number of nitrogens with one attached hydrogen (secondary N) is 1. The molecule has 2 heteroatoms. The van der Waals surface area contributed by atoms with Gasteiger partial charge in [0.2, 0.25) is 5.91 Å². The zero-order valence-corrected chi connectivity index (χ0v) is 10.0. The summed E-state index contributed by atoms with van der Waals surface area (Å²) in [5.41, 5.74) is -0.0318. The first kappa shape index (κ1) is 12.3. The summed E-state index contributed by atoms with van der Waals surface area (Å²) in [6.45, 7) is 4.92. The Bertz CT molecular complexity index is 227. The van der Waals surface area contributed by atoms with E-state index in [1.165, 1.54) is 12.8 Å². The summed E-state index contributed by atoms with van der Waals surface area (Å²) in [6.07, 6.45) is 10.7. The first-order valence-corrected chi connectivity index (χ1v) is 6.14. The smallest absolute Gasteiger partial charge is 0.226 e. The molecule has 1 aliphatic carbocycles. The third-order valence-electron chi connectivity index (χ3n) is 3.55. The number of amides is 1. The zero-order valence-electron chi connectivity index (χ0n) is 10.0. The quantitative estimate of drug-likeness (QED) is 0.547. The predicted molar refractivity (Wildman–Crippen MR) is 63.6 cm³/mol. The van der Waals surface area contributed by atoms with Gasteiger partial charge in [0.25, 0.3) is 0 Å². The van der Waals surface area contributed by atoms with Crippen molar-refractivity contribution in [3.05, 3.63) is 12.2 Å². The van der Waals surface area contributed by atoms with Crippen LogP contribution in [0, 0.1) is 5.41 Å². The highest BCUT2D eigenvalue weighted by Crippen LogP contribution is 2.40. The van der Waals surface area contributed by atoms with Gasteiger partial charge in [-0.2, -0.15) is 0 Å². The molecular formula is C13H23NO. The van der Waals surface area contributed by atoms with Gasteiger partial charge in [0.15, 0.2) is 0 Å². The molecule has 1 rings (SSSR count). The van der Waals surface area contributed by atoms with Gasteiger partial charge in [0, 0.05) is 12.0 Å². The molecule has 0 aromatic heterocycles. The van der Waals surface area contributed by atoms with E-state index in [0.717, 1.165) is 32.2 Å². The van der Waals surface area contributed by atoms with Crippen LogP contribution in [0.1, 0.15) is 52.4 Å². The number of allylic oxidation sites excluding steroid dienone is 1. The minimum Gasteiger partial charge on any atom is -0.355 e. The molecule has 0 atom stereocenters. The van der Waals surface area contributed by atoms with E-state index in [1.807, 2.05) is 13.0 Å². The highest BCUT2D eigenvalue weighted by atomic mass is 16.2. The van der Waals surface area contributed by atoms with Gasteiger partial charge >= 0.3 is 0 Å². The molecule has 0 unspecified atom stereocenters. The van der Waals surface area contributed by atoms with Crippen LogP contribution in [0.2, 0.25) is 0 Å². The molecule has 0 aliphatic heterocycles. The van der Waals surface area contributed by atoms with Crippen molar-refractivity contribution in [2.45, 2.75) is 52.4 Å². The Hall–Kier alpha value is -0.790. The van der Waals surface area contributed by atoms with Crippen LogP contribution in [0.15, 0.2) is 12.2 Å². The zero-order chi connectivity index (χ0) is 11.1. The summed E-state index contributed by atoms with van der Waals surface area (Å²) in [6, 6.07) is 0. The minimum atomic E-state index is -0.0318. The van der Waals surface area contributed by atoms with Crippen LogP contribution < -0.4 is 5.32 Å². The number of hydrogen-bond donors (Lipinski definition) is 1. The van der Waals surface area contributed by atoms with Crippen molar-refractivity contribution in [2.75, 3.05) is 6.54 Å². The molecule has 1 N–H and O–H groups in total. The van der Waals surface area contributed by atoms with Gasteiger partial charge in [-0.25, -0.2) is 0 Å². The molecule has 2 nitrogen and oxygen atoms in total. The molecule has 0 radical (unpaired) electrons. The summed E-state index contributed by atoms with van der Waals surface area (Å²) < 4.78 is 0. The Morgan fingerprint density at radius 1 is 1.40 bits per heavy atom. The van der Waals surface area contributed by atoms with Gasteiger partial charge in [0.05, 0.1) is 0 Å². The predicted octanol–water partition coefficient (Wildman–Crippen LogP) is 3.04. The molecular weight excluding hydrogens is 186 g/mol. The molecule has 0 saturated heterocycles. The Balaban J connectivity index is 2.37. The number of rotatable bonds is 5. The van der Waals surface area contributed by atoms with Crippen molar-refractivity contribution in [2.24, 2.45) is 5.41 Å². The molecule has 0 aromatic rings. The summed E-state index contributed by atoms with van der Waals surface area (Å²) in [7, 11) is 0. The fourth-order valence-electron chi connectivity index (χ4n) is 2.42. The van der Waals surface area contributed by atoms with Crippen LogP contribution in [-0.4, -0.2) is 12.5 Å². The van der Waals surface area contributed by atoms with E-state index in [0.29, 0.717) is 0 Å². The van der Waals surface area contributed by atoms with E-state index < -0.39 is 0 Å². The second-order valence-corrected chi connectivity index (χ2v) is 4.45. The average Bonchev–Trinajstić information content (AvgIpc) is 2.74. The van der Waals surface area contributed by atoms with Crippen LogP contribution in [0.3, 0.4) is 0 Å². The van der Waals surface area contributed by atoms with Crippen LogP contribution in [0.5, 0.6) is 0 Å². The molecule has 1 amide bonds. The Morgan fingerprint density at radius 3 is 2.60 bits per heavy atom. The Morgan fingerprint density at radius 2 is 2.07 bits per heavy atom. The molecule has 0 spiro atoms. The lowest BCUT2D eigenvalue weighted by molar-refractivity contribution is -0.130. The minimum absolute atomic E-state index is 0.0318. The van der Waals surface area contributed by atoms with Crippen molar-refractivity contribution in [1.82, 2.24) is 5.32 Å². The van der Waals surface area contributed by atoms with Gasteiger partial charge in [-0.05, 0) is 32.6 Å². The highest BCUT2D eigenvalue weighted by molar-refractivity contribution is 5.82. The molecule has 0 heterocycles. The van der Waals surface area contributed by atoms with Gasteiger partial charge in [-0.1, -0.05) is 31.9 Å².